The summed E-state index contributed by atoms with van der Waals surface area (Å²) < 4.78 is 0.816. The van der Waals surface area contributed by atoms with E-state index in [4.69, 9.17) is 29.6 Å². The third-order valence-electron chi connectivity index (χ3n) is 2.11. The zero-order chi connectivity index (χ0) is 10.7. The highest BCUT2D eigenvalue weighted by molar-refractivity contribution is 7.80. The van der Waals surface area contributed by atoms with Crippen molar-refractivity contribution in [3.05, 3.63) is 21.3 Å². The van der Waals surface area contributed by atoms with Crippen LogP contribution >= 0.6 is 35.2 Å². The van der Waals surface area contributed by atoms with Crippen molar-refractivity contribution in [2.45, 2.75) is 19.5 Å². The van der Waals surface area contributed by atoms with Gasteiger partial charge in [0.25, 0.3) is 0 Å². The van der Waals surface area contributed by atoms with Gasteiger partial charge in [-0.15, -0.1) is 11.3 Å². The fraction of sp³-hybridized carbons (Fsp3) is 0.444. The van der Waals surface area contributed by atoms with E-state index in [9.17, 15) is 0 Å². The van der Waals surface area contributed by atoms with Gasteiger partial charge in [0.2, 0.25) is 0 Å². The van der Waals surface area contributed by atoms with Crippen molar-refractivity contribution in [2.75, 3.05) is 7.05 Å². The van der Waals surface area contributed by atoms with E-state index in [1.165, 1.54) is 4.88 Å². The fourth-order valence-electron chi connectivity index (χ4n) is 1.04. The van der Waals surface area contributed by atoms with Gasteiger partial charge in [0.1, 0.15) is 0 Å². The summed E-state index contributed by atoms with van der Waals surface area (Å²) in [6.45, 7) is 2.83. The predicted molar refractivity (Wildman–Crippen MR) is 67.0 cm³/mol. The average Bonchev–Trinajstić information content (AvgIpc) is 2.49. The van der Waals surface area contributed by atoms with Gasteiger partial charge in [0.15, 0.2) is 0 Å². The van der Waals surface area contributed by atoms with Gasteiger partial charge in [0, 0.05) is 11.4 Å². The van der Waals surface area contributed by atoms with Gasteiger partial charge < -0.3 is 5.73 Å². The van der Waals surface area contributed by atoms with E-state index >= 15 is 0 Å². The van der Waals surface area contributed by atoms with Crippen molar-refractivity contribution in [1.82, 2.24) is 4.90 Å². The van der Waals surface area contributed by atoms with Gasteiger partial charge in [-0.05, 0) is 26.1 Å². The Morgan fingerprint density at radius 1 is 1.71 bits per heavy atom. The van der Waals surface area contributed by atoms with E-state index in [0.717, 1.165) is 10.9 Å². The van der Waals surface area contributed by atoms with Crippen molar-refractivity contribution in [1.29, 1.82) is 0 Å². The first-order valence-electron chi connectivity index (χ1n) is 4.24. The summed E-state index contributed by atoms with van der Waals surface area (Å²) in [5.41, 5.74) is 5.56. The van der Waals surface area contributed by atoms with Gasteiger partial charge in [-0.2, -0.15) is 0 Å². The molecule has 1 aromatic heterocycles. The number of thiocarbonyl (C=S) groups is 1. The molecule has 0 aliphatic carbocycles. The SMILES string of the molecule is CC(C(N)=S)N(C)Cc1ccc(Cl)s1. The second kappa shape index (κ2) is 5.07. The van der Waals surface area contributed by atoms with Crippen LogP contribution in [0.4, 0.5) is 0 Å². The van der Waals surface area contributed by atoms with Gasteiger partial charge >= 0.3 is 0 Å². The minimum Gasteiger partial charge on any atom is -0.392 e. The first kappa shape index (κ1) is 11.9. The van der Waals surface area contributed by atoms with Crippen molar-refractivity contribution in [2.24, 2.45) is 5.73 Å². The summed E-state index contributed by atoms with van der Waals surface area (Å²) >= 11 is 12.3. The van der Waals surface area contributed by atoms with Crippen LogP contribution in [0.25, 0.3) is 0 Å². The number of nitrogens with zero attached hydrogens (tertiary/aromatic N) is 1. The maximum atomic E-state index is 5.84. The number of likely N-dealkylation sites (N-methyl/N-ethyl adjacent to an activating group) is 1. The summed E-state index contributed by atoms with van der Waals surface area (Å²) in [5.74, 6) is 0. The Kier molecular flexibility index (Phi) is 4.31. The van der Waals surface area contributed by atoms with Crippen LogP contribution in [0.2, 0.25) is 4.34 Å². The monoisotopic (exact) mass is 248 g/mol. The number of halogens is 1. The van der Waals surface area contributed by atoms with Crippen LogP contribution in [0.1, 0.15) is 11.8 Å². The molecule has 1 rings (SSSR count). The first-order valence-corrected chi connectivity index (χ1v) is 5.84. The van der Waals surface area contributed by atoms with E-state index in [1.807, 2.05) is 26.1 Å². The Morgan fingerprint density at radius 3 is 2.79 bits per heavy atom. The van der Waals surface area contributed by atoms with Crippen LogP contribution in [0, 0.1) is 0 Å². The number of hydrogen-bond acceptors (Lipinski definition) is 3. The largest absolute Gasteiger partial charge is 0.392 e. The Hall–Kier alpha value is -0.160. The molecule has 0 spiro atoms. The minimum atomic E-state index is 0.117. The second-order valence-corrected chi connectivity index (χ2v) is 5.47. The smallest absolute Gasteiger partial charge is 0.0931 e. The molecule has 1 atom stereocenters. The molecule has 0 bridgehead atoms. The molecule has 1 unspecified atom stereocenters. The lowest BCUT2D eigenvalue weighted by Gasteiger charge is -2.22. The van der Waals surface area contributed by atoms with E-state index < -0.39 is 0 Å². The van der Waals surface area contributed by atoms with Crippen LogP contribution < -0.4 is 5.73 Å². The number of nitrogens with two attached hydrogens (primary N) is 1. The van der Waals surface area contributed by atoms with Crippen LogP contribution in [0.15, 0.2) is 12.1 Å². The third kappa shape index (κ3) is 3.20. The van der Waals surface area contributed by atoms with Crippen LogP contribution in [0.5, 0.6) is 0 Å². The third-order valence-corrected chi connectivity index (χ3v) is 3.66. The predicted octanol–water partition coefficient (Wildman–Crippen LogP) is 2.51. The zero-order valence-electron chi connectivity index (χ0n) is 8.16. The summed E-state index contributed by atoms with van der Waals surface area (Å²) in [5, 5.41) is 0. The lowest BCUT2D eigenvalue weighted by molar-refractivity contribution is 0.307. The van der Waals surface area contributed by atoms with Gasteiger partial charge in [-0.3, -0.25) is 4.90 Å². The summed E-state index contributed by atoms with van der Waals surface area (Å²) in [7, 11) is 2.00. The Balaban J connectivity index is 2.56. The lowest BCUT2D eigenvalue weighted by Crippen LogP contribution is -2.38. The molecule has 0 saturated carbocycles. The summed E-state index contributed by atoms with van der Waals surface area (Å²) in [6, 6.07) is 4.04. The average molecular weight is 249 g/mol. The minimum absolute atomic E-state index is 0.117. The molecule has 0 aromatic carbocycles. The number of thiophene rings is 1. The highest BCUT2D eigenvalue weighted by Gasteiger charge is 2.12. The molecule has 2 N–H and O–H groups in total. The van der Waals surface area contributed by atoms with Crippen molar-refractivity contribution in [3.63, 3.8) is 0 Å². The number of hydrogen-bond donors (Lipinski definition) is 1. The normalized spacial score (nSPS) is 13.1. The molecule has 0 amide bonds. The molecule has 0 radical (unpaired) electrons. The molecular formula is C9H13ClN2S2. The van der Waals surface area contributed by atoms with E-state index in [0.29, 0.717) is 4.99 Å². The van der Waals surface area contributed by atoms with Crippen LogP contribution in [-0.4, -0.2) is 23.0 Å². The Labute approximate surface area is 98.7 Å². The molecular weight excluding hydrogens is 236 g/mol. The molecule has 0 aliphatic rings. The molecule has 5 heteroatoms. The zero-order valence-corrected chi connectivity index (χ0v) is 10.5. The molecule has 0 aliphatic heterocycles. The maximum absolute atomic E-state index is 5.84. The summed E-state index contributed by atoms with van der Waals surface area (Å²) in [6.07, 6.45) is 0. The number of rotatable bonds is 4. The molecule has 1 aromatic rings. The van der Waals surface area contributed by atoms with Gasteiger partial charge in [-0.25, -0.2) is 0 Å². The van der Waals surface area contributed by atoms with E-state index in [2.05, 4.69) is 4.90 Å². The highest BCUT2D eigenvalue weighted by Crippen LogP contribution is 2.22. The standard InChI is InChI=1S/C9H13ClN2S2/c1-6(9(11)13)12(2)5-7-3-4-8(10)14-7/h3-4,6H,5H2,1-2H3,(H2,11,13). The van der Waals surface area contributed by atoms with Gasteiger partial charge in [-0.1, -0.05) is 23.8 Å². The Bertz CT molecular complexity index is 324. The van der Waals surface area contributed by atoms with Gasteiger partial charge in [0.05, 0.1) is 15.4 Å². The van der Waals surface area contributed by atoms with E-state index in [-0.39, 0.29) is 6.04 Å². The highest BCUT2D eigenvalue weighted by atomic mass is 35.5. The second-order valence-electron chi connectivity index (χ2n) is 3.20. The topological polar surface area (TPSA) is 29.3 Å². The van der Waals surface area contributed by atoms with Crippen molar-refractivity contribution in [3.8, 4) is 0 Å². The molecule has 14 heavy (non-hydrogen) atoms. The molecule has 0 fully saturated rings. The lowest BCUT2D eigenvalue weighted by atomic mass is 10.3. The van der Waals surface area contributed by atoms with Crippen LogP contribution in [0.3, 0.4) is 0 Å². The van der Waals surface area contributed by atoms with Crippen molar-refractivity contribution >= 4 is 40.1 Å². The molecule has 2 nitrogen and oxygen atoms in total. The van der Waals surface area contributed by atoms with Crippen molar-refractivity contribution < 1.29 is 0 Å². The van der Waals surface area contributed by atoms with Crippen LogP contribution in [-0.2, 0) is 6.54 Å². The Morgan fingerprint density at radius 2 is 2.36 bits per heavy atom. The quantitative estimate of drug-likeness (QED) is 0.831. The maximum Gasteiger partial charge on any atom is 0.0931 e. The molecule has 0 saturated heterocycles. The summed E-state index contributed by atoms with van der Waals surface area (Å²) in [4.78, 5) is 3.85. The van der Waals surface area contributed by atoms with E-state index in [1.54, 1.807) is 11.3 Å². The fourth-order valence-corrected chi connectivity index (χ4v) is 2.37. The molecule has 78 valence electrons. The molecule has 1 heterocycles. The first-order chi connectivity index (χ1) is 6.50.